The third-order valence-electron chi connectivity index (χ3n) is 6.45. The van der Waals surface area contributed by atoms with Crippen molar-refractivity contribution in [2.24, 2.45) is 17.2 Å². The van der Waals surface area contributed by atoms with Crippen LogP contribution < -0.4 is 22.5 Å². The predicted octanol–water partition coefficient (Wildman–Crippen LogP) is 3.00. The van der Waals surface area contributed by atoms with Crippen molar-refractivity contribution in [1.29, 1.82) is 0 Å². The minimum atomic E-state index is -1.43. The molecule has 0 rings (SSSR count). The summed E-state index contributed by atoms with van der Waals surface area (Å²) in [6.45, 7) is 2.22. The topological polar surface area (TPSA) is 186 Å². The molecule has 0 aliphatic carbocycles. The number of nitrogens with one attached hydrogen (secondary N) is 1. The number of unbranched alkanes of at least 4 members (excludes halogenated alkanes) is 9. The fourth-order valence-corrected chi connectivity index (χ4v) is 3.98. The van der Waals surface area contributed by atoms with Crippen LogP contribution in [0.1, 0.15) is 116 Å². The van der Waals surface area contributed by atoms with Gasteiger partial charge in [-0.3, -0.25) is 19.2 Å². The second-order valence-electron chi connectivity index (χ2n) is 10.4. The summed E-state index contributed by atoms with van der Waals surface area (Å²) in [7, 11) is 0. The van der Waals surface area contributed by atoms with Gasteiger partial charge in [-0.1, -0.05) is 64.7 Å². The molecule has 0 fully saturated rings. The van der Waals surface area contributed by atoms with Crippen LogP contribution in [0, 0.1) is 0 Å². The van der Waals surface area contributed by atoms with Crippen molar-refractivity contribution in [2.45, 2.75) is 122 Å². The zero-order valence-electron chi connectivity index (χ0n) is 24.9. The lowest BCUT2D eigenvalue weighted by Gasteiger charge is -2.33. The number of ether oxygens (including phenoxy) is 3. The summed E-state index contributed by atoms with van der Waals surface area (Å²) in [4.78, 5) is 49.7. The monoisotopic (exact) mass is 572 g/mol. The molecule has 0 atom stereocenters. The fraction of sp³-hybridized carbons (Fsp3) is 0.862. The van der Waals surface area contributed by atoms with Gasteiger partial charge in [-0.15, -0.1) is 0 Å². The standard InChI is InChI=1S/C29H56N4O7/c1-2-3-4-5-6-7-8-9-10-11-15-25(34)33-29(22-38-26(35)16-12-19-30,23-39-27(36)17-13-20-31)24-40-28(37)18-14-21-32/h2-24,30-32H2,1H3,(H,33,34). The molecule has 0 bridgehead atoms. The number of hydrogen-bond donors (Lipinski definition) is 4. The van der Waals surface area contributed by atoms with Crippen molar-refractivity contribution in [3.8, 4) is 0 Å². The van der Waals surface area contributed by atoms with Crippen LogP contribution in [0.5, 0.6) is 0 Å². The van der Waals surface area contributed by atoms with Crippen LogP contribution in [0.15, 0.2) is 0 Å². The molecule has 0 heterocycles. The Kier molecular flexibility index (Phi) is 24.3. The highest BCUT2D eigenvalue weighted by Crippen LogP contribution is 2.15. The summed E-state index contributed by atoms with van der Waals surface area (Å²) < 4.78 is 16.2. The quantitative estimate of drug-likeness (QED) is 0.0647. The SMILES string of the molecule is CCCCCCCCCCCCC(=O)NC(COC(=O)CCCN)(COC(=O)CCCN)COC(=O)CCCN. The maximum Gasteiger partial charge on any atom is 0.305 e. The highest BCUT2D eigenvalue weighted by atomic mass is 16.6. The van der Waals surface area contributed by atoms with Crippen LogP contribution in [0.4, 0.5) is 0 Å². The highest BCUT2D eigenvalue weighted by molar-refractivity contribution is 5.77. The molecule has 0 saturated heterocycles. The normalized spacial score (nSPS) is 11.2. The van der Waals surface area contributed by atoms with Gasteiger partial charge in [0.05, 0.1) is 0 Å². The molecule has 1 amide bonds. The number of hydrogen-bond acceptors (Lipinski definition) is 10. The summed E-state index contributed by atoms with van der Waals surface area (Å²) in [5.74, 6) is -1.83. The van der Waals surface area contributed by atoms with Crippen LogP contribution in [0.3, 0.4) is 0 Å². The average Bonchev–Trinajstić information content (AvgIpc) is 2.95. The molecule has 0 aromatic carbocycles. The van der Waals surface area contributed by atoms with Gasteiger partial charge in [0, 0.05) is 25.7 Å². The first-order valence-electron chi connectivity index (χ1n) is 15.2. The van der Waals surface area contributed by atoms with E-state index in [-0.39, 0.29) is 51.4 Å². The van der Waals surface area contributed by atoms with Gasteiger partial charge in [-0.2, -0.15) is 0 Å². The molecular weight excluding hydrogens is 516 g/mol. The molecule has 7 N–H and O–H groups in total. The number of carbonyl (C=O) groups excluding carboxylic acids is 4. The molecule has 0 aromatic rings. The molecule has 0 unspecified atom stereocenters. The zero-order valence-corrected chi connectivity index (χ0v) is 24.9. The smallest absolute Gasteiger partial charge is 0.305 e. The van der Waals surface area contributed by atoms with Crippen molar-refractivity contribution in [3.05, 3.63) is 0 Å². The number of amides is 1. The van der Waals surface area contributed by atoms with Gasteiger partial charge in [0.15, 0.2) is 0 Å². The molecule has 11 heteroatoms. The van der Waals surface area contributed by atoms with E-state index < -0.39 is 23.4 Å². The molecule has 11 nitrogen and oxygen atoms in total. The number of carbonyl (C=O) groups is 4. The van der Waals surface area contributed by atoms with E-state index in [0.29, 0.717) is 45.3 Å². The second kappa shape index (κ2) is 25.7. The Hall–Kier alpha value is -2.24. The Morgan fingerprint density at radius 1 is 0.525 bits per heavy atom. The van der Waals surface area contributed by atoms with Crippen molar-refractivity contribution in [3.63, 3.8) is 0 Å². The maximum absolute atomic E-state index is 13.0. The van der Waals surface area contributed by atoms with Gasteiger partial charge in [0.2, 0.25) is 5.91 Å². The van der Waals surface area contributed by atoms with Gasteiger partial charge >= 0.3 is 17.9 Å². The molecule has 0 radical (unpaired) electrons. The first-order chi connectivity index (χ1) is 19.3. The van der Waals surface area contributed by atoms with Crippen molar-refractivity contribution in [1.82, 2.24) is 5.32 Å². The van der Waals surface area contributed by atoms with Crippen LogP contribution in [0.25, 0.3) is 0 Å². The van der Waals surface area contributed by atoms with E-state index in [1.807, 2.05) is 0 Å². The first-order valence-corrected chi connectivity index (χ1v) is 15.2. The molecule has 0 aromatic heterocycles. The highest BCUT2D eigenvalue weighted by Gasteiger charge is 2.37. The lowest BCUT2D eigenvalue weighted by Crippen LogP contribution is -2.59. The Balaban J connectivity index is 5.17. The third kappa shape index (κ3) is 21.6. The number of nitrogens with two attached hydrogens (primary N) is 3. The largest absolute Gasteiger partial charge is 0.463 e. The average molecular weight is 573 g/mol. The summed E-state index contributed by atoms with van der Waals surface area (Å²) >= 11 is 0. The lowest BCUT2D eigenvalue weighted by atomic mass is 10.0. The van der Waals surface area contributed by atoms with Crippen molar-refractivity contribution in [2.75, 3.05) is 39.5 Å². The van der Waals surface area contributed by atoms with E-state index >= 15 is 0 Å². The number of rotatable bonds is 27. The van der Waals surface area contributed by atoms with Crippen LogP contribution in [-0.4, -0.2) is 68.8 Å². The summed E-state index contributed by atoms with van der Waals surface area (Å²) in [6, 6.07) is 0. The molecule has 0 saturated carbocycles. The zero-order chi connectivity index (χ0) is 29.9. The van der Waals surface area contributed by atoms with E-state index in [0.717, 1.165) is 19.3 Å². The molecular formula is C29H56N4O7. The van der Waals surface area contributed by atoms with Gasteiger partial charge in [0.25, 0.3) is 0 Å². The van der Waals surface area contributed by atoms with Gasteiger partial charge in [-0.25, -0.2) is 0 Å². The van der Waals surface area contributed by atoms with Gasteiger partial charge in [0.1, 0.15) is 25.4 Å². The van der Waals surface area contributed by atoms with Gasteiger partial charge in [-0.05, 0) is 45.3 Å². The van der Waals surface area contributed by atoms with Crippen LogP contribution in [0.2, 0.25) is 0 Å². The Bertz CT molecular complexity index is 631. The Morgan fingerprint density at radius 2 is 0.875 bits per heavy atom. The lowest BCUT2D eigenvalue weighted by molar-refractivity contribution is -0.159. The molecule has 0 aliphatic rings. The van der Waals surface area contributed by atoms with Crippen molar-refractivity contribution >= 4 is 23.8 Å². The third-order valence-corrected chi connectivity index (χ3v) is 6.45. The van der Waals surface area contributed by atoms with Crippen LogP contribution >= 0.6 is 0 Å². The molecule has 40 heavy (non-hydrogen) atoms. The van der Waals surface area contributed by atoms with E-state index in [9.17, 15) is 19.2 Å². The van der Waals surface area contributed by atoms with E-state index in [2.05, 4.69) is 12.2 Å². The summed E-state index contributed by atoms with van der Waals surface area (Å²) in [6.07, 6.45) is 13.3. The van der Waals surface area contributed by atoms with E-state index in [1.165, 1.54) is 38.5 Å². The molecule has 234 valence electrons. The van der Waals surface area contributed by atoms with Gasteiger partial charge < -0.3 is 36.7 Å². The number of esters is 3. The minimum Gasteiger partial charge on any atom is -0.463 e. The van der Waals surface area contributed by atoms with E-state index in [4.69, 9.17) is 31.4 Å². The summed E-state index contributed by atoms with van der Waals surface area (Å²) in [5.41, 5.74) is 15.0. The van der Waals surface area contributed by atoms with Crippen molar-refractivity contribution < 1.29 is 33.4 Å². The summed E-state index contributed by atoms with van der Waals surface area (Å²) in [5, 5.41) is 2.85. The second-order valence-corrected chi connectivity index (χ2v) is 10.4. The minimum absolute atomic E-state index is 0.103. The molecule has 0 spiro atoms. The first kappa shape index (κ1) is 37.8. The Morgan fingerprint density at radius 3 is 1.23 bits per heavy atom. The maximum atomic E-state index is 13.0. The van der Waals surface area contributed by atoms with Crippen LogP contribution in [-0.2, 0) is 33.4 Å². The Labute approximate surface area is 241 Å². The van der Waals surface area contributed by atoms with E-state index in [1.54, 1.807) is 0 Å². The molecule has 0 aliphatic heterocycles. The predicted molar refractivity (Wildman–Crippen MR) is 155 cm³/mol. The fourth-order valence-electron chi connectivity index (χ4n) is 3.98.